The molecule has 1 aliphatic heterocycles. The Balaban J connectivity index is 2.19. The molecule has 25 heavy (non-hydrogen) atoms. The monoisotopic (exact) mass is 398 g/mol. The van der Waals surface area contributed by atoms with E-state index in [-0.39, 0.29) is 27.4 Å². The highest BCUT2D eigenvalue weighted by atomic mass is 35.5. The van der Waals surface area contributed by atoms with Gasteiger partial charge in [0.1, 0.15) is 5.75 Å². The fraction of sp³-hybridized carbons (Fsp3) is 0.467. The molecule has 1 aromatic carbocycles. The molecule has 5 nitrogen and oxygen atoms in total. The number of alkyl halides is 3. The third-order valence-electron chi connectivity index (χ3n) is 3.61. The molecule has 0 fully saturated rings. The molecule has 138 valence electrons. The highest BCUT2D eigenvalue weighted by Crippen LogP contribution is 2.41. The second kappa shape index (κ2) is 7.01. The van der Waals surface area contributed by atoms with E-state index >= 15 is 0 Å². The first-order valence-corrected chi connectivity index (χ1v) is 7.98. The lowest BCUT2D eigenvalue weighted by atomic mass is 9.99. The van der Waals surface area contributed by atoms with E-state index in [0.29, 0.717) is 5.02 Å². The highest BCUT2D eigenvalue weighted by molar-refractivity contribution is 6.35. The van der Waals surface area contributed by atoms with Crippen LogP contribution in [0.2, 0.25) is 10.0 Å². The second-order valence-corrected chi connectivity index (χ2v) is 6.65. The van der Waals surface area contributed by atoms with Crippen LogP contribution in [0.5, 0.6) is 5.75 Å². The van der Waals surface area contributed by atoms with Gasteiger partial charge in [-0.05, 0) is 24.1 Å². The smallest absolute Gasteiger partial charge is 0.438 e. The van der Waals surface area contributed by atoms with Crippen molar-refractivity contribution < 1.29 is 27.8 Å². The van der Waals surface area contributed by atoms with E-state index in [9.17, 15) is 23.1 Å². The Hall–Kier alpha value is -1.51. The fourth-order valence-corrected chi connectivity index (χ4v) is 2.63. The minimum Gasteiger partial charge on any atom is -0.482 e. The summed E-state index contributed by atoms with van der Waals surface area (Å²) in [6, 6.07) is 4.19. The van der Waals surface area contributed by atoms with Gasteiger partial charge in [0, 0.05) is 17.2 Å². The number of hydrazone groups is 1. The Kier molecular flexibility index (Phi) is 5.56. The summed E-state index contributed by atoms with van der Waals surface area (Å²) < 4.78 is 44.9. The Bertz CT molecular complexity index is 710. The normalized spacial score (nSPS) is 20.8. The summed E-state index contributed by atoms with van der Waals surface area (Å²) in [5, 5.41) is 14.1. The summed E-state index contributed by atoms with van der Waals surface area (Å²) in [7, 11) is 0. The topological polar surface area (TPSA) is 62.1 Å². The number of halogens is 5. The van der Waals surface area contributed by atoms with E-state index < -0.39 is 30.8 Å². The van der Waals surface area contributed by atoms with Crippen molar-refractivity contribution in [3.8, 4) is 5.75 Å². The molecule has 0 bridgehead atoms. The molecule has 10 heteroatoms. The van der Waals surface area contributed by atoms with E-state index in [1.807, 2.05) is 0 Å². The number of hydrogen-bond donors (Lipinski definition) is 1. The van der Waals surface area contributed by atoms with Crippen LogP contribution >= 0.6 is 23.2 Å². The van der Waals surface area contributed by atoms with Gasteiger partial charge in [-0.2, -0.15) is 23.3 Å². The number of nitrogens with zero attached hydrogens (tertiary/aromatic N) is 2. The lowest BCUT2D eigenvalue weighted by Crippen LogP contribution is -2.57. The number of carbonyl (C=O) groups is 1. The van der Waals surface area contributed by atoms with Crippen LogP contribution in [0.1, 0.15) is 20.3 Å². The number of rotatable bonds is 4. The molecule has 0 radical (unpaired) electrons. The molecule has 0 saturated carbocycles. The number of aliphatic hydroxyl groups is 1. The molecule has 2 rings (SSSR count). The van der Waals surface area contributed by atoms with Crippen molar-refractivity contribution >= 4 is 34.8 Å². The first kappa shape index (κ1) is 19.8. The van der Waals surface area contributed by atoms with E-state index in [1.165, 1.54) is 18.2 Å². The van der Waals surface area contributed by atoms with Gasteiger partial charge < -0.3 is 9.84 Å². The van der Waals surface area contributed by atoms with Crippen LogP contribution in [-0.4, -0.2) is 40.2 Å². The number of benzene rings is 1. The molecular formula is C15H15Cl2F3N2O3. The molecule has 1 atom stereocenters. The highest BCUT2D eigenvalue weighted by Gasteiger charge is 2.63. The third-order valence-corrected chi connectivity index (χ3v) is 4.14. The lowest BCUT2D eigenvalue weighted by molar-refractivity contribution is -0.302. The van der Waals surface area contributed by atoms with Gasteiger partial charge in [-0.25, -0.2) is 0 Å². The predicted octanol–water partition coefficient (Wildman–Crippen LogP) is 3.87. The number of hydrogen-bond acceptors (Lipinski definition) is 4. The fourth-order valence-electron chi connectivity index (χ4n) is 2.17. The Morgan fingerprint density at radius 3 is 2.60 bits per heavy atom. The summed E-state index contributed by atoms with van der Waals surface area (Å²) in [5.41, 5.74) is -3.32. The number of ether oxygens (including phenoxy) is 1. The molecule has 1 heterocycles. The molecular weight excluding hydrogens is 384 g/mol. The van der Waals surface area contributed by atoms with Crippen molar-refractivity contribution in [2.75, 3.05) is 6.61 Å². The zero-order valence-electron chi connectivity index (χ0n) is 13.3. The molecule has 1 aromatic rings. The minimum absolute atomic E-state index is 0.0339. The Morgan fingerprint density at radius 2 is 2.08 bits per heavy atom. The first-order valence-electron chi connectivity index (χ1n) is 7.23. The molecule has 0 unspecified atom stereocenters. The minimum atomic E-state index is -5.07. The van der Waals surface area contributed by atoms with Gasteiger partial charge in [0.05, 0.1) is 5.02 Å². The van der Waals surface area contributed by atoms with E-state index in [1.54, 1.807) is 13.8 Å². The maximum atomic E-state index is 13.3. The zero-order valence-corrected chi connectivity index (χ0v) is 14.8. The molecule has 1 amide bonds. The maximum Gasteiger partial charge on any atom is 0.438 e. The zero-order chi connectivity index (χ0) is 19.0. The van der Waals surface area contributed by atoms with Crippen molar-refractivity contribution in [1.29, 1.82) is 0 Å². The Labute approximate surface area is 152 Å². The lowest BCUT2D eigenvalue weighted by Gasteiger charge is -2.32. The second-order valence-electron chi connectivity index (χ2n) is 5.81. The van der Waals surface area contributed by atoms with Crippen LogP contribution in [0.4, 0.5) is 13.2 Å². The summed E-state index contributed by atoms with van der Waals surface area (Å²) >= 11 is 11.6. The van der Waals surface area contributed by atoms with Crippen LogP contribution in [-0.2, 0) is 4.79 Å². The SMILES string of the molecule is CC(C)C1=NN(C(=O)COc2ccc(Cl)cc2Cl)[C@@](O)(C(F)(F)F)C1. The standard InChI is InChI=1S/C15H15Cl2F3N2O3/c1-8(2)11-6-14(24,15(18,19)20)22(21-11)13(23)7-25-12-4-3-9(16)5-10(12)17/h3-5,8,24H,6-7H2,1-2H3/t14-/m0/s1. The first-order chi connectivity index (χ1) is 11.5. The van der Waals surface area contributed by atoms with Crippen LogP contribution in [0.15, 0.2) is 23.3 Å². The summed E-state index contributed by atoms with van der Waals surface area (Å²) in [6.45, 7) is 2.45. The number of amides is 1. The van der Waals surface area contributed by atoms with Crippen LogP contribution in [0.25, 0.3) is 0 Å². The average Bonchev–Trinajstić information content (AvgIpc) is 2.85. The number of carbonyl (C=O) groups excluding carboxylic acids is 1. The summed E-state index contributed by atoms with van der Waals surface area (Å²) in [5.74, 6) is -1.44. The van der Waals surface area contributed by atoms with Gasteiger partial charge in [-0.3, -0.25) is 4.79 Å². The quantitative estimate of drug-likeness (QED) is 0.837. The van der Waals surface area contributed by atoms with Gasteiger partial charge in [-0.15, -0.1) is 0 Å². The van der Waals surface area contributed by atoms with Crippen molar-refractivity contribution in [3.63, 3.8) is 0 Å². The molecule has 0 spiro atoms. The average molecular weight is 399 g/mol. The van der Waals surface area contributed by atoms with E-state index in [2.05, 4.69) is 5.10 Å². The predicted molar refractivity (Wildman–Crippen MR) is 86.7 cm³/mol. The van der Waals surface area contributed by atoms with Crippen LogP contribution in [0, 0.1) is 5.92 Å². The third kappa shape index (κ3) is 4.02. The van der Waals surface area contributed by atoms with Crippen molar-refractivity contribution in [2.45, 2.75) is 32.2 Å². The molecule has 0 aliphatic carbocycles. The Morgan fingerprint density at radius 1 is 1.44 bits per heavy atom. The van der Waals surface area contributed by atoms with Crippen molar-refractivity contribution in [1.82, 2.24) is 5.01 Å². The van der Waals surface area contributed by atoms with Gasteiger partial charge in [-0.1, -0.05) is 37.0 Å². The molecule has 1 aliphatic rings. The van der Waals surface area contributed by atoms with E-state index in [0.717, 1.165) is 0 Å². The van der Waals surface area contributed by atoms with Gasteiger partial charge in [0.25, 0.3) is 11.6 Å². The largest absolute Gasteiger partial charge is 0.482 e. The molecule has 0 aromatic heterocycles. The van der Waals surface area contributed by atoms with Gasteiger partial charge in [0.2, 0.25) is 0 Å². The van der Waals surface area contributed by atoms with Crippen LogP contribution in [0.3, 0.4) is 0 Å². The molecule has 0 saturated heterocycles. The summed E-state index contributed by atoms with van der Waals surface area (Å²) in [6.07, 6.45) is -5.87. The van der Waals surface area contributed by atoms with Crippen LogP contribution < -0.4 is 4.74 Å². The maximum absolute atomic E-state index is 13.3. The molecule has 1 N–H and O–H groups in total. The van der Waals surface area contributed by atoms with Crippen molar-refractivity contribution in [3.05, 3.63) is 28.2 Å². The van der Waals surface area contributed by atoms with E-state index in [4.69, 9.17) is 27.9 Å². The van der Waals surface area contributed by atoms with Gasteiger partial charge in [0.15, 0.2) is 6.61 Å². The van der Waals surface area contributed by atoms with Gasteiger partial charge >= 0.3 is 6.18 Å². The summed E-state index contributed by atoms with van der Waals surface area (Å²) in [4.78, 5) is 12.2. The van der Waals surface area contributed by atoms with Crippen molar-refractivity contribution in [2.24, 2.45) is 11.0 Å².